The van der Waals surface area contributed by atoms with Crippen LogP contribution in [0, 0.1) is 11.7 Å². The van der Waals surface area contributed by atoms with Crippen LogP contribution in [0.4, 0.5) is 10.1 Å². The van der Waals surface area contributed by atoms with Crippen LogP contribution in [0.25, 0.3) is 0 Å². The maximum Gasteiger partial charge on any atom is 0.240 e. The fourth-order valence-corrected chi connectivity index (χ4v) is 3.45. The molecular formula is C17H26ClFN2O3S. The van der Waals surface area contributed by atoms with Crippen LogP contribution in [0.1, 0.15) is 39.5 Å². The van der Waals surface area contributed by atoms with Gasteiger partial charge in [-0.3, -0.25) is 9.10 Å². The van der Waals surface area contributed by atoms with Crippen LogP contribution in [0.15, 0.2) is 18.2 Å². The van der Waals surface area contributed by atoms with E-state index in [4.69, 9.17) is 11.6 Å². The molecule has 0 radical (unpaired) electrons. The Morgan fingerprint density at radius 3 is 2.56 bits per heavy atom. The molecule has 25 heavy (non-hydrogen) atoms. The maximum absolute atomic E-state index is 13.3. The van der Waals surface area contributed by atoms with Crippen molar-refractivity contribution in [2.75, 3.05) is 23.7 Å². The predicted molar refractivity (Wildman–Crippen MR) is 99.9 cm³/mol. The minimum absolute atomic E-state index is 0.155. The van der Waals surface area contributed by atoms with Gasteiger partial charge in [-0.2, -0.15) is 0 Å². The summed E-state index contributed by atoms with van der Waals surface area (Å²) in [5.41, 5.74) is 0.155. The minimum Gasteiger partial charge on any atom is -0.354 e. The summed E-state index contributed by atoms with van der Waals surface area (Å²) >= 11 is 5.72. The third kappa shape index (κ3) is 7.20. The summed E-state index contributed by atoms with van der Waals surface area (Å²) in [5.74, 6) is -0.679. The van der Waals surface area contributed by atoms with E-state index in [0.717, 1.165) is 42.3 Å². The highest BCUT2D eigenvalue weighted by Gasteiger charge is 2.22. The molecule has 0 aliphatic heterocycles. The van der Waals surface area contributed by atoms with E-state index in [1.165, 1.54) is 12.1 Å². The largest absolute Gasteiger partial charge is 0.354 e. The molecule has 1 aromatic carbocycles. The third-order valence-corrected chi connectivity index (χ3v) is 5.44. The van der Waals surface area contributed by atoms with Crippen molar-refractivity contribution >= 4 is 33.2 Å². The first-order valence-electron chi connectivity index (χ1n) is 8.38. The van der Waals surface area contributed by atoms with E-state index in [2.05, 4.69) is 19.2 Å². The smallest absolute Gasteiger partial charge is 0.240 e. The summed E-state index contributed by atoms with van der Waals surface area (Å²) < 4.78 is 38.2. The Morgan fingerprint density at radius 1 is 1.36 bits per heavy atom. The molecule has 0 heterocycles. The van der Waals surface area contributed by atoms with E-state index in [1.807, 2.05) is 0 Å². The number of carbonyl (C=O) groups is 1. The van der Waals surface area contributed by atoms with E-state index in [0.29, 0.717) is 12.5 Å². The van der Waals surface area contributed by atoms with Gasteiger partial charge in [0.05, 0.1) is 17.0 Å². The number of unbranched alkanes of at least 4 members (excludes halogenated alkanes) is 1. The molecule has 0 aromatic heterocycles. The molecule has 1 rings (SSSR count). The first-order valence-corrected chi connectivity index (χ1v) is 10.6. The van der Waals surface area contributed by atoms with Crippen LogP contribution in [0.3, 0.4) is 0 Å². The van der Waals surface area contributed by atoms with Crippen molar-refractivity contribution in [1.82, 2.24) is 5.32 Å². The van der Waals surface area contributed by atoms with Crippen LogP contribution in [0.5, 0.6) is 0 Å². The number of rotatable bonds is 10. The van der Waals surface area contributed by atoms with Crippen molar-refractivity contribution in [3.63, 3.8) is 0 Å². The van der Waals surface area contributed by atoms with Gasteiger partial charge in [-0.1, -0.05) is 44.7 Å². The zero-order valence-corrected chi connectivity index (χ0v) is 16.5. The molecule has 0 aliphatic carbocycles. The molecule has 0 saturated carbocycles. The normalized spacial score (nSPS) is 12.7. The van der Waals surface area contributed by atoms with Crippen molar-refractivity contribution < 1.29 is 17.6 Å². The lowest BCUT2D eigenvalue weighted by Crippen LogP contribution is -2.41. The Bertz CT molecular complexity index is 682. The number of carbonyl (C=O) groups excluding carboxylic acids is 1. The highest BCUT2D eigenvalue weighted by atomic mass is 35.5. The zero-order chi connectivity index (χ0) is 19.0. The number of amides is 1. The van der Waals surface area contributed by atoms with E-state index in [-0.39, 0.29) is 17.3 Å². The molecule has 1 aromatic rings. The molecule has 1 amide bonds. The molecule has 0 spiro atoms. The van der Waals surface area contributed by atoms with Gasteiger partial charge < -0.3 is 5.32 Å². The Morgan fingerprint density at radius 2 is 2.04 bits per heavy atom. The van der Waals surface area contributed by atoms with Gasteiger partial charge in [0, 0.05) is 6.54 Å². The van der Waals surface area contributed by atoms with Gasteiger partial charge in [-0.15, -0.1) is 0 Å². The van der Waals surface area contributed by atoms with Crippen molar-refractivity contribution in [3.05, 3.63) is 29.0 Å². The van der Waals surface area contributed by atoms with E-state index >= 15 is 0 Å². The molecular weight excluding hydrogens is 367 g/mol. The SMILES string of the molecule is CCCC[C@@H](CC)CNC(=O)CN(c1ccc(F)c(Cl)c1)S(C)(=O)=O. The number of hydrogen-bond acceptors (Lipinski definition) is 3. The van der Waals surface area contributed by atoms with E-state index < -0.39 is 21.7 Å². The molecule has 142 valence electrons. The van der Waals surface area contributed by atoms with Crippen molar-refractivity contribution in [1.29, 1.82) is 0 Å². The molecule has 1 atom stereocenters. The number of sulfonamides is 1. The average Bonchev–Trinajstić information content (AvgIpc) is 2.54. The predicted octanol–water partition coefficient (Wildman–Crippen LogP) is 3.58. The van der Waals surface area contributed by atoms with Gasteiger partial charge in [-0.25, -0.2) is 12.8 Å². The summed E-state index contributed by atoms with van der Waals surface area (Å²) in [6.45, 7) is 4.32. The number of nitrogens with one attached hydrogen (secondary N) is 1. The van der Waals surface area contributed by atoms with Crippen LogP contribution >= 0.6 is 11.6 Å². The summed E-state index contributed by atoms with van der Waals surface area (Å²) in [4.78, 5) is 12.2. The number of hydrogen-bond donors (Lipinski definition) is 1. The molecule has 5 nitrogen and oxygen atoms in total. The second kappa shape index (κ2) is 9.97. The highest BCUT2D eigenvalue weighted by molar-refractivity contribution is 7.92. The number of nitrogens with zero attached hydrogens (tertiary/aromatic N) is 1. The Kier molecular flexibility index (Phi) is 8.65. The highest BCUT2D eigenvalue weighted by Crippen LogP contribution is 2.24. The van der Waals surface area contributed by atoms with Gasteiger partial charge in [0.1, 0.15) is 12.4 Å². The number of halogens is 2. The van der Waals surface area contributed by atoms with Crippen molar-refractivity contribution in [2.45, 2.75) is 39.5 Å². The first-order chi connectivity index (χ1) is 11.7. The number of anilines is 1. The number of benzene rings is 1. The standard InChI is InChI=1S/C17H26ClFN2O3S/c1-4-6-7-13(5-2)11-20-17(22)12-21(25(3,23)24)14-8-9-16(19)15(18)10-14/h8-10,13H,4-7,11-12H2,1-3H3,(H,20,22)/t13-/m1/s1. The van der Waals surface area contributed by atoms with Crippen LogP contribution in [-0.2, 0) is 14.8 Å². The van der Waals surface area contributed by atoms with Crippen molar-refractivity contribution in [3.8, 4) is 0 Å². The van der Waals surface area contributed by atoms with Gasteiger partial charge in [-0.05, 0) is 30.5 Å². The van der Waals surface area contributed by atoms with Crippen LogP contribution in [0.2, 0.25) is 5.02 Å². The molecule has 0 saturated heterocycles. The quantitative estimate of drug-likeness (QED) is 0.661. The van der Waals surface area contributed by atoms with Crippen molar-refractivity contribution in [2.24, 2.45) is 5.92 Å². The lowest BCUT2D eigenvalue weighted by Gasteiger charge is -2.23. The van der Waals surface area contributed by atoms with Gasteiger partial charge >= 0.3 is 0 Å². The summed E-state index contributed by atoms with van der Waals surface area (Å²) in [6, 6.07) is 3.55. The fourth-order valence-electron chi connectivity index (χ4n) is 2.43. The van der Waals surface area contributed by atoms with Crippen LogP contribution in [-0.4, -0.2) is 33.7 Å². The van der Waals surface area contributed by atoms with Gasteiger partial charge in [0.25, 0.3) is 0 Å². The topological polar surface area (TPSA) is 66.5 Å². The maximum atomic E-state index is 13.3. The average molecular weight is 393 g/mol. The molecule has 0 aliphatic rings. The monoisotopic (exact) mass is 392 g/mol. The first kappa shape index (κ1) is 21.7. The zero-order valence-electron chi connectivity index (χ0n) is 14.9. The second-order valence-electron chi connectivity index (χ2n) is 6.09. The summed E-state index contributed by atoms with van der Waals surface area (Å²) in [7, 11) is -3.71. The lowest BCUT2D eigenvalue weighted by atomic mass is 9.99. The second-order valence-corrected chi connectivity index (χ2v) is 8.40. The Balaban J connectivity index is 2.79. The third-order valence-electron chi connectivity index (χ3n) is 4.01. The summed E-state index contributed by atoms with van der Waals surface area (Å²) in [5, 5.41) is 2.59. The van der Waals surface area contributed by atoms with Gasteiger partial charge in [0.15, 0.2) is 0 Å². The Labute approximate surface area is 154 Å². The molecule has 0 fully saturated rings. The van der Waals surface area contributed by atoms with Crippen LogP contribution < -0.4 is 9.62 Å². The molecule has 1 N–H and O–H groups in total. The molecule has 0 unspecified atom stereocenters. The van der Waals surface area contributed by atoms with E-state index in [9.17, 15) is 17.6 Å². The fraction of sp³-hybridized carbons (Fsp3) is 0.588. The molecule has 0 bridgehead atoms. The van der Waals surface area contributed by atoms with Gasteiger partial charge in [0.2, 0.25) is 15.9 Å². The minimum atomic E-state index is -3.71. The lowest BCUT2D eigenvalue weighted by molar-refractivity contribution is -0.119. The summed E-state index contributed by atoms with van der Waals surface area (Å²) in [6.07, 6.45) is 5.16. The Hall–Kier alpha value is -1.34. The molecule has 8 heteroatoms. The van der Waals surface area contributed by atoms with E-state index in [1.54, 1.807) is 0 Å².